The Morgan fingerprint density at radius 3 is 1.96 bits per heavy atom. The van der Waals surface area contributed by atoms with Gasteiger partial charge in [0.05, 0.1) is 6.04 Å². The van der Waals surface area contributed by atoms with Gasteiger partial charge in [-0.3, -0.25) is 20.4 Å². The monoisotopic (exact) mass is 386 g/mol. The van der Waals surface area contributed by atoms with Gasteiger partial charge in [0.1, 0.15) is 6.04 Å². The molecule has 0 rings (SSSR count). The number of carbonyl (C=O) groups is 2. The predicted molar refractivity (Wildman–Crippen MR) is 105 cm³/mol. The van der Waals surface area contributed by atoms with Crippen molar-refractivity contribution in [1.82, 2.24) is 21.3 Å². The Kier molecular flexibility index (Phi) is 13.2. The van der Waals surface area contributed by atoms with Crippen LogP contribution in [0, 0.1) is 10.8 Å². The molecule has 0 aliphatic heterocycles. The van der Waals surface area contributed by atoms with Gasteiger partial charge in [-0.25, -0.2) is 0 Å². The molecule has 0 aliphatic carbocycles. The first-order valence-electron chi connectivity index (χ1n) is 8.97. The van der Waals surface area contributed by atoms with Gasteiger partial charge >= 0.3 is 0 Å². The van der Waals surface area contributed by atoms with Crippen molar-refractivity contribution in [2.24, 2.45) is 22.9 Å². The molecule has 2 atom stereocenters. The number of hydrogen-bond acceptors (Lipinski definition) is 6. The van der Waals surface area contributed by atoms with Crippen LogP contribution in [0.1, 0.15) is 32.1 Å². The summed E-state index contributed by atoms with van der Waals surface area (Å²) in [4.78, 5) is 24.5. The van der Waals surface area contributed by atoms with Crippen molar-refractivity contribution in [3.63, 3.8) is 0 Å². The number of amides is 2. The minimum atomic E-state index is -0.734. The van der Waals surface area contributed by atoms with E-state index in [-0.39, 0.29) is 17.8 Å². The molecule has 14 N–H and O–H groups in total. The second-order valence-electron chi connectivity index (χ2n) is 6.07. The molecule has 156 valence electrons. The highest BCUT2D eigenvalue weighted by Crippen LogP contribution is 2.02. The fraction of sp³-hybridized carbons (Fsp3) is 0.733. The van der Waals surface area contributed by atoms with Gasteiger partial charge in [0, 0.05) is 26.2 Å². The lowest BCUT2D eigenvalue weighted by Crippen LogP contribution is -2.52. The normalized spacial score (nSPS) is 12.5. The second-order valence-corrected chi connectivity index (χ2v) is 6.07. The lowest BCUT2D eigenvalue weighted by molar-refractivity contribution is -0.129. The topological polar surface area (TPSA) is 234 Å². The molecule has 0 heterocycles. The van der Waals surface area contributed by atoms with Crippen LogP contribution < -0.4 is 44.2 Å². The molecule has 12 nitrogen and oxygen atoms in total. The smallest absolute Gasteiger partial charge is 0.242 e. The van der Waals surface area contributed by atoms with E-state index in [0.29, 0.717) is 51.9 Å². The number of hydrogen-bond donors (Lipinski definition) is 10. The molecular weight excluding hydrogens is 352 g/mol. The van der Waals surface area contributed by atoms with Crippen LogP contribution in [0.15, 0.2) is 0 Å². The van der Waals surface area contributed by atoms with E-state index in [0.717, 1.165) is 6.42 Å². The molecule has 0 unspecified atom stereocenters. The third-order valence-electron chi connectivity index (χ3n) is 3.66. The van der Waals surface area contributed by atoms with Crippen LogP contribution in [0.4, 0.5) is 0 Å². The summed E-state index contributed by atoms with van der Waals surface area (Å²) in [7, 11) is 0. The Labute approximate surface area is 159 Å². The zero-order valence-electron chi connectivity index (χ0n) is 15.6. The Balaban J connectivity index is 4.41. The highest BCUT2D eigenvalue weighted by molar-refractivity contribution is 5.89. The molecule has 0 aromatic heterocycles. The van der Waals surface area contributed by atoms with E-state index in [1.807, 2.05) is 0 Å². The van der Waals surface area contributed by atoms with Gasteiger partial charge < -0.3 is 44.2 Å². The summed E-state index contributed by atoms with van der Waals surface area (Å²) in [6.07, 6.45) is 2.76. The van der Waals surface area contributed by atoms with E-state index in [1.165, 1.54) is 0 Å². The van der Waals surface area contributed by atoms with E-state index in [1.54, 1.807) is 0 Å². The van der Waals surface area contributed by atoms with Crippen LogP contribution in [0.25, 0.3) is 0 Å². The van der Waals surface area contributed by atoms with Crippen LogP contribution in [-0.4, -0.2) is 62.0 Å². The molecule has 2 amide bonds. The maximum absolute atomic E-state index is 12.3. The lowest BCUT2D eigenvalue weighted by atomic mass is 10.1. The minimum absolute atomic E-state index is 0.0948. The van der Waals surface area contributed by atoms with Crippen LogP contribution in [-0.2, 0) is 9.59 Å². The molecule has 0 aliphatic rings. The maximum atomic E-state index is 12.3. The Morgan fingerprint density at radius 1 is 0.815 bits per heavy atom. The highest BCUT2D eigenvalue weighted by Gasteiger charge is 2.23. The quantitative estimate of drug-likeness (QED) is 0.0826. The van der Waals surface area contributed by atoms with Crippen LogP contribution in [0.2, 0.25) is 0 Å². The molecule has 0 bridgehead atoms. The molecule has 0 fully saturated rings. The zero-order valence-corrected chi connectivity index (χ0v) is 15.6. The predicted octanol–water partition coefficient (Wildman–Crippen LogP) is -3.21. The van der Waals surface area contributed by atoms with Crippen molar-refractivity contribution in [2.45, 2.75) is 44.2 Å². The molecule has 0 saturated heterocycles. The van der Waals surface area contributed by atoms with E-state index < -0.39 is 18.0 Å². The summed E-state index contributed by atoms with van der Waals surface area (Å²) in [5, 5.41) is 24.8. The zero-order chi connectivity index (χ0) is 20.7. The van der Waals surface area contributed by atoms with Crippen LogP contribution >= 0.6 is 0 Å². The molecule has 0 saturated carbocycles. The number of unbranched alkanes of at least 4 members (excludes halogenated alkanes) is 1. The Hall–Kier alpha value is -2.60. The van der Waals surface area contributed by atoms with E-state index in [4.69, 9.17) is 33.8 Å². The fourth-order valence-corrected chi connectivity index (χ4v) is 2.24. The SMILES string of the molecule is N=C(N)NCCCC[C@H](N)C(=O)N[C@@H](CCCNC(=N)N)C(=O)NCCN. The number of nitrogens with two attached hydrogens (primary N) is 4. The fourth-order valence-electron chi connectivity index (χ4n) is 2.24. The van der Waals surface area contributed by atoms with Gasteiger partial charge in [0.25, 0.3) is 0 Å². The molecule has 0 radical (unpaired) electrons. The second kappa shape index (κ2) is 14.6. The number of guanidine groups is 2. The molecule has 12 heteroatoms. The van der Waals surface area contributed by atoms with Gasteiger partial charge in [-0.1, -0.05) is 0 Å². The summed E-state index contributed by atoms with van der Waals surface area (Å²) >= 11 is 0. The summed E-state index contributed by atoms with van der Waals surface area (Å²) in [6.45, 7) is 1.57. The third-order valence-corrected chi connectivity index (χ3v) is 3.66. The van der Waals surface area contributed by atoms with Crippen molar-refractivity contribution in [3.05, 3.63) is 0 Å². The first kappa shape index (κ1) is 24.4. The van der Waals surface area contributed by atoms with Crippen molar-refractivity contribution in [2.75, 3.05) is 26.2 Å². The molecule has 0 aromatic rings. The molecule has 27 heavy (non-hydrogen) atoms. The first-order chi connectivity index (χ1) is 12.8. The lowest BCUT2D eigenvalue weighted by Gasteiger charge is -2.21. The van der Waals surface area contributed by atoms with Gasteiger partial charge in [-0.05, 0) is 32.1 Å². The largest absolute Gasteiger partial charge is 0.370 e. The number of nitrogens with one attached hydrogen (secondary N) is 6. The minimum Gasteiger partial charge on any atom is -0.370 e. The molecule has 0 aromatic carbocycles. The van der Waals surface area contributed by atoms with Crippen LogP contribution in [0.3, 0.4) is 0 Å². The van der Waals surface area contributed by atoms with E-state index in [9.17, 15) is 9.59 Å². The summed E-state index contributed by atoms with van der Waals surface area (Å²) in [5.41, 5.74) is 21.7. The Bertz CT molecular complexity index is 485. The van der Waals surface area contributed by atoms with Gasteiger partial charge in [0.15, 0.2) is 11.9 Å². The molecule has 0 spiro atoms. The van der Waals surface area contributed by atoms with Gasteiger partial charge in [0.2, 0.25) is 11.8 Å². The van der Waals surface area contributed by atoms with Crippen molar-refractivity contribution >= 4 is 23.7 Å². The summed E-state index contributed by atoms with van der Waals surface area (Å²) in [6, 6.07) is -1.47. The van der Waals surface area contributed by atoms with Crippen molar-refractivity contribution < 1.29 is 9.59 Å². The van der Waals surface area contributed by atoms with Gasteiger partial charge in [-0.15, -0.1) is 0 Å². The number of carbonyl (C=O) groups excluding carboxylic acids is 2. The van der Waals surface area contributed by atoms with E-state index in [2.05, 4.69) is 21.3 Å². The standard InChI is InChI=1S/C15H34N10O2/c16-6-9-22-13(27)11(5-3-8-24-15(20)21)25-12(26)10(17)4-1-2-7-23-14(18)19/h10-11H,1-9,16-17H2,(H,22,27)(H,25,26)(H4,18,19,23)(H4,20,21,24)/t10-,11-/m0/s1. The molecular formula is C15H34N10O2. The average molecular weight is 387 g/mol. The summed E-state index contributed by atoms with van der Waals surface area (Å²) < 4.78 is 0. The first-order valence-corrected chi connectivity index (χ1v) is 8.97. The highest BCUT2D eigenvalue weighted by atomic mass is 16.2. The maximum Gasteiger partial charge on any atom is 0.242 e. The van der Waals surface area contributed by atoms with Crippen molar-refractivity contribution in [1.29, 1.82) is 10.8 Å². The van der Waals surface area contributed by atoms with Crippen LogP contribution in [0.5, 0.6) is 0 Å². The summed E-state index contributed by atoms with van der Waals surface area (Å²) in [5.74, 6) is -0.969. The third kappa shape index (κ3) is 13.3. The van der Waals surface area contributed by atoms with E-state index >= 15 is 0 Å². The average Bonchev–Trinajstić information content (AvgIpc) is 2.60. The Morgan fingerprint density at radius 2 is 1.41 bits per heavy atom. The van der Waals surface area contributed by atoms with Gasteiger partial charge in [-0.2, -0.15) is 0 Å². The number of rotatable bonds is 14. The van der Waals surface area contributed by atoms with Crippen molar-refractivity contribution in [3.8, 4) is 0 Å².